The molecule has 2 rings (SSSR count). The highest BCUT2D eigenvalue weighted by atomic mass is 32.2. The fourth-order valence-electron chi connectivity index (χ4n) is 1.71. The molecule has 0 amide bonds. The van der Waals surface area contributed by atoms with Gasteiger partial charge in [0.1, 0.15) is 11.6 Å². The standard InChI is InChI=1S/C12H14F2N4S/c1-7(2)18-11(15)16-17-12(18)19-6-8-3-9(13)5-10(14)4-8/h3-5,7H,6H2,1-2H3,(H2,15,16). The molecule has 1 heterocycles. The normalized spacial score (nSPS) is 11.2. The fraction of sp³-hybridized carbons (Fsp3) is 0.333. The van der Waals surface area contributed by atoms with Crippen molar-refractivity contribution in [2.75, 3.05) is 5.73 Å². The lowest BCUT2D eigenvalue weighted by atomic mass is 10.2. The van der Waals surface area contributed by atoms with Crippen molar-refractivity contribution in [3.63, 3.8) is 0 Å². The minimum absolute atomic E-state index is 0.127. The molecule has 0 radical (unpaired) electrons. The Morgan fingerprint density at radius 3 is 2.42 bits per heavy atom. The van der Waals surface area contributed by atoms with Gasteiger partial charge in [-0.1, -0.05) is 11.8 Å². The third-order valence-corrected chi connectivity index (χ3v) is 3.51. The quantitative estimate of drug-likeness (QED) is 0.877. The van der Waals surface area contributed by atoms with E-state index in [0.717, 1.165) is 6.07 Å². The van der Waals surface area contributed by atoms with Crippen LogP contribution in [0.3, 0.4) is 0 Å². The van der Waals surface area contributed by atoms with Crippen molar-refractivity contribution in [3.05, 3.63) is 35.4 Å². The van der Waals surface area contributed by atoms with Gasteiger partial charge in [0.15, 0.2) is 5.16 Å². The highest BCUT2D eigenvalue weighted by Gasteiger charge is 2.13. The van der Waals surface area contributed by atoms with Crippen LogP contribution in [-0.2, 0) is 5.75 Å². The minimum Gasteiger partial charge on any atom is -0.368 e. The number of aromatic nitrogens is 3. The van der Waals surface area contributed by atoms with Gasteiger partial charge in [-0.05, 0) is 31.5 Å². The van der Waals surface area contributed by atoms with Crippen molar-refractivity contribution < 1.29 is 8.78 Å². The molecule has 7 heteroatoms. The number of halogens is 2. The molecule has 1 aromatic carbocycles. The van der Waals surface area contributed by atoms with Crippen LogP contribution in [0.4, 0.5) is 14.7 Å². The molecule has 0 saturated carbocycles. The topological polar surface area (TPSA) is 56.7 Å². The van der Waals surface area contributed by atoms with E-state index < -0.39 is 11.6 Å². The van der Waals surface area contributed by atoms with E-state index in [1.54, 1.807) is 4.57 Å². The van der Waals surface area contributed by atoms with E-state index in [9.17, 15) is 8.78 Å². The van der Waals surface area contributed by atoms with Crippen molar-refractivity contribution >= 4 is 17.7 Å². The number of nitrogen functional groups attached to an aromatic ring is 1. The minimum atomic E-state index is -0.583. The Hall–Kier alpha value is -1.63. The van der Waals surface area contributed by atoms with Crippen LogP contribution in [0.2, 0.25) is 0 Å². The summed E-state index contributed by atoms with van der Waals surface area (Å²) in [6, 6.07) is 3.58. The number of anilines is 1. The predicted octanol–water partition coefficient (Wildman–Crippen LogP) is 3.01. The van der Waals surface area contributed by atoms with Crippen molar-refractivity contribution in [2.45, 2.75) is 30.8 Å². The molecular weight excluding hydrogens is 270 g/mol. The monoisotopic (exact) mass is 284 g/mol. The molecule has 4 nitrogen and oxygen atoms in total. The zero-order chi connectivity index (χ0) is 14.0. The van der Waals surface area contributed by atoms with Crippen LogP contribution in [0.1, 0.15) is 25.5 Å². The number of nitrogens with zero attached hydrogens (tertiary/aromatic N) is 3. The second-order valence-corrected chi connectivity index (χ2v) is 5.31. The molecule has 0 atom stereocenters. The van der Waals surface area contributed by atoms with Crippen LogP contribution in [0, 0.1) is 11.6 Å². The molecule has 1 aromatic heterocycles. The van der Waals surface area contributed by atoms with Gasteiger partial charge in [-0.2, -0.15) is 0 Å². The van der Waals surface area contributed by atoms with E-state index in [-0.39, 0.29) is 6.04 Å². The van der Waals surface area contributed by atoms with Gasteiger partial charge in [-0.25, -0.2) is 8.78 Å². The van der Waals surface area contributed by atoms with E-state index in [1.165, 1.54) is 23.9 Å². The Labute approximate surface area is 114 Å². The summed E-state index contributed by atoms with van der Waals surface area (Å²) in [6.07, 6.45) is 0. The summed E-state index contributed by atoms with van der Waals surface area (Å²) in [5.74, 6) is -0.427. The smallest absolute Gasteiger partial charge is 0.222 e. The Bertz CT molecular complexity index is 563. The molecule has 2 aromatic rings. The number of thioether (sulfide) groups is 1. The molecular formula is C12H14F2N4S. The number of benzene rings is 1. The lowest BCUT2D eigenvalue weighted by Gasteiger charge is -2.11. The number of rotatable bonds is 4. The third kappa shape index (κ3) is 3.23. The van der Waals surface area contributed by atoms with Gasteiger partial charge in [-0.3, -0.25) is 4.57 Å². The van der Waals surface area contributed by atoms with E-state index in [4.69, 9.17) is 5.73 Å². The molecule has 0 saturated heterocycles. The highest BCUT2D eigenvalue weighted by molar-refractivity contribution is 7.98. The molecule has 102 valence electrons. The van der Waals surface area contributed by atoms with Gasteiger partial charge in [0.05, 0.1) is 0 Å². The molecule has 0 unspecified atom stereocenters. The van der Waals surface area contributed by atoms with Crippen molar-refractivity contribution in [3.8, 4) is 0 Å². The average molecular weight is 284 g/mol. The fourth-order valence-corrected chi connectivity index (χ4v) is 2.72. The number of hydrogen-bond donors (Lipinski definition) is 1. The van der Waals surface area contributed by atoms with Crippen LogP contribution in [0.25, 0.3) is 0 Å². The zero-order valence-corrected chi connectivity index (χ0v) is 11.4. The van der Waals surface area contributed by atoms with E-state index in [2.05, 4.69) is 10.2 Å². The first-order valence-corrected chi connectivity index (χ1v) is 6.74. The molecule has 19 heavy (non-hydrogen) atoms. The maximum atomic E-state index is 13.1. The van der Waals surface area contributed by atoms with Gasteiger partial charge in [0.2, 0.25) is 5.95 Å². The highest BCUT2D eigenvalue weighted by Crippen LogP contribution is 2.26. The van der Waals surface area contributed by atoms with Crippen LogP contribution in [0.15, 0.2) is 23.4 Å². The predicted molar refractivity (Wildman–Crippen MR) is 70.7 cm³/mol. The Morgan fingerprint density at radius 1 is 1.21 bits per heavy atom. The van der Waals surface area contributed by atoms with Crippen LogP contribution in [0.5, 0.6) is 0 Å². The third-order valence-electron chi connectivity index (χ3n) is 2.50. The van der Waals surface area contributed by atoms with E-state index in [1.807, 2.05) is 13.8 Å². The maximum absolute atomic E-state index is 13.1. The Kier molecular flexibility index (Phi) is 4.04. The van der Waals surface area contributed by atoms with E-state index in [0.29, 0.717) is 22.4 Å². The molecule has 2 N–H and O–H groups in total. The van der Waals surface area contributed by atoms with Crippen molar-refractivity contribution in [2.24, 2.45) is 0 Å². The summed E-state index contributed by atoms with van der Waals surface area (Å²) in [4.78, 5) is 0. The first kappa shape index (κ1) is 13.8. The molecule has 0 spiro atoms. The molecule has 0 aliphatic rings. The summed E-state index contributed by atoms with van der Waals surface area (Å²) in [5, 5.41) is 8.40. The summed E-state index contributed by atoms with van der Waals surface area (Å²) in [6.45, 7) is 3.93. The Morgan fingerprint density at radius 2 is 1.84 bits per heavy atom. The first-order chi connectivity index (χ1) is 8.97. The molecule has 0 bridgehead atoms. The van der Waals surface area contributed by atoms with Crippen LogP contribution >= 0.6 is 11.8 Å². The second kappa shape index (κ2) is 5.56. The average Bonchev–Trinajstić information content (AvgIpc) is 2.66. The van der Waals surface area contributed by atoms with Gasteiger partial charge in [-0.15, -0.1) is 10.2 Å². The SMILES string of the molecule is CC(C)n1c(N)nnc1SCc1cc(F)cc(F)c1. The Balaban J connectivity index is 2.14. The van der Waals surface area contributed by atoms with Crippen LogP contribution in [-0.4, -0.2) is 14.8 Å². The summed E-state index contributed by atoms with van der Waals surface area (Å²) < 4.78 is 27.9. The van der Waals surface area contributed by atoms with Crippen molar-refractivity contribution in [1.29, 1.82) is 0 Å². The van der Waals surface area contributed by atoms with Gasteiger partial charge in [0, 0.05) is 17.9 Å². The lowest BCUT2D eigenvalue weighted by Crippen LogP contribution is -2.07. The van der Waals surface area contributed by atoms with Gasteiger partial charge < -0.3 is 5.73 Å². The molecule has 0 aliphatic heterocycles. The summed E-state index contributed by atoms with van der Waals surface area (Å²) >= 11 is 1.34. The van der Waals surface area contributed by atoms with Gasteiger partial charge >= 0.3 is 0 Å². The lowest BCUT2D eigenvalue weighted by molar-refractivity contribution is 0.557. The largest absolute Gasteiger partial charge is 0.368 e. The second-order valence-electron chi connectivity index (χ2n) is 4.37. The van der Waals surface area contributed by atoms with Crippen LogP contribution < -0.4 is 5.73 Å². The van der Waals surface area contributed by atoms with Crippen molar-refractivity contribution in [1.82, 2.24) is 14.8 Å². The summed E-state index contributed by atoms with van der Waals surface area (Å²) in [5.41, 5.74) is 6.27. The van der Waals surface area contributed by atoms with Gasteiger partial charge in [0.25, 0.3) is 0 Å². The zero-order valence-electron chi connectivity index (χ0n) is 10.6. The summed E-state index contributed by atoms with van der Waals surface area (Å²) in [7, 11) is 0. The maximum Gasteiger partial charge on any atom is 0.222 e. The molecule has 0 aliphatic carbocycles. The number of nitrogens with two attached hydrogens (primary N) is 1. The first-order valence-electron chi connectivity index (χ1n) is 5.75. The number of hydrogen-bond acceptors (Lipinski definition) is 4. The van der Waals surface area contributed by atoms with E-state index >= 15 is 0 Å². The molecule has 0 fully saturated rings.